The van der Waals surface area contributed by atoms with Gasteiger partial charge in [0.25, 0.3) is 0 Å². The predicted molar refractivity (Wildman–Crippen MR) is 67.8 cm³/mol. The van der Waals surface area contributed by atoms with Crippen molar-refractivity contribution in [3.05, 3.63) is 0 Å². The second kappa shape index (κ2) is 4.90. The van der Waals surface area contributed by atoms with Crippen LogP contribution in [0.2, 0.25) is 0 Å². The second-order valence-corrected chi connectivity index (χ2v) is 6.63. The third kappa shape index (κ3) is 3.24. The van der Waals surface area contributed by atoms with Gasteiger partial charge in [-0.3, -0.25) is 4.79 Å². The first-order chi connectivity index (χ1) is 8.35. The number of hydrogen-bond donors (Lipinski definition) is 1. The lowest BCUT2D eigenvalue weighted by molar-refractivity contribution is -0.156. The summed E-state index contributed by atoms with van der Waals surface area (Å²) < 4.78 is 5.58. The standard InChI is InChI=1S/C14H23NO3/c1-9-6-10(8-14(2,3)7-9)18-13(17)11-4-5-12(16)15-11/h9-11H,4-8H2,1-3H3,(H,15,16)/t9?,10?,11-/m0/s1. The van der Waals surface area contributed by atoms with Gasteiger partial charge in [0.05, 0.1) is 0 Å². The molecule has 4 nitrogen and oxygen atoms in total. The van der Waals surface area contributed by atoms with Crippen LogP contribution in [-0.2, 0) is 14.3 Å². The van der Waals surface area contributed by atoms with Crippen LogP contribution in [0.15, 0.2) is 0 Å². The SMILES string of the molecule is CC1CC(OC(=O)[C@@H]2CCC(=O)N2)CC(C)(C)C1. The number of carbonyl (C=O) groups excluding carboxylic acids is 2. The maximum atomic E-state index is 11.9. The van der Waals surface area contributed by atoms with Crippen molar-refractivity contribution in [1.29, 1.82) is 0 Å². The molecule has 1 saturated carbocycles. The fourth-order valence-electron chi connectivity index (χ4n) is 3.39. The summed E-state index contributed by atoms with van der Waals surface area (Å²) in [4.78, 5) is 23.0. The van der Waals surface area contributed by atoms with E-state index < -0.39 is 6.04 Å². The van der Waals surface area contributed by atoms with Crippen LogP contribution < -0.4 is 5.32 Å². The molecule has 2 rings (SSSR count). The lowest BCUT2D eigenvalue weighted by Crippen LogP contribution is -2.40. The summed E-state index contributed by atoms with van der Waals surface area (Å²) in [6.07, 6.45) is 4.06. The van der Waals surface area contributed by atoms with Crippen LogP contribution in [0.3, 0.4) is 0 Å². The zero-order chi connectivity index (χ0) is 13.3. The van der Waals surface area contributed by atoms with Gasteiger partial charge < -0.3 is 10.1 Å². The molecule has 1 amide bonds. The predicted octanol–water partition coefficient (Wildman–Crippen LogP) is 2.02. The molecular weight excluding hydrogens is 230 g/mol. The lowest BCUT2D eigenvalue weighted by atomic mass is 9.71. The summed E-state index contributed by atoms with van der Waals surface area (Å²) >= 11 is 0. The highest BCUT2D eigenvalue weighted by Crippen LogP contribution is 2.39. The number of carbonyl (C=O) groups is 2. The molecule has 0 spiro atoms. The van der Waals surface area contributed by atoms with Crippen molar-refractivity contribution in [3.8, 4) is 0 Å². The third-order valence-corrected chi connectivity index (χ3v) is 3.91. The summed E-state index contributed by atoms with van der Waals surface area (Å²) in [6.45, 7) is 6.65. The first-order valence-electron chi connectivity index (χ1n) is 6.85. The van der Waals surface area contributed by atoms with E-state index in [2.05, 4.69) is 26.1 Å². The van der Waals surface area contributed by atoms with Crippen molar-refractivity contribution < 1.29 is 14.3 Å². The molecule has 18 heavy (non-hydrogen) atoms. The Morgan fingerprint density at radius 3 is 2.67 bits per heavy atom. The number of nitrogens with one attached hydrogen (secondary N) is 1. The van der Waals surface area contributed by atoms with Crippen molar-refractivity contribution >= 4 is 11.9 Å². The average molecular weight is 253 g/mol. The van der Waals surface area contributed by atoms with Crippen LogP contribution in [0.4, 0.5) is 0 Å². The molecule has 2 aliphatic rings. The number of hydrogen-bond acceptors (Lipinski definition) is 3. The quantitative estimate of drug-likeness (QED) is 0.766. The van der Waals surface area contributed by atoms with Crippen molar-refractivity contribution in [2.75, 3.05) is 0 Å². The molecule has 4 heteroatoms. The first-order valence-corrected chi connectivity index (χ1v) is 6.85. The molecule has 2 fully saturated rings. The molecule has 0 aromatic carbocycles. The maximum Gasteiger partial charge on any atom is 0.328 e. The van der Waals surface area contributed by atoms with Gasteiger partial charge in [0.15, 0.2) is 0 Å². The summed E-state index contributed by atoms with van der Waals surface area (Å²) in [5.41, 5.74) is 0.238. The van der Waals surface area contributed by atoms with Crippen LogP contribution in [-0.4, -0.2) is 24.0 Å². The fraction of sp³-hybridized carbons (Fsp3) is 0.857. The van der Waals surface area contributed by atoms with Crippen molar-refractivity contribution in [3.63, 3.8) is 0 Å². The zero-order valence-electron chi connectivity index (χ0n) is 11.5. The molecule has 1 N–H and O–H groups in total. The van der Waals surface area contributed by atoms with Gasteiger partial charge in [-0.25, -0.2) is 4.79 Å². The zero-order valence-corrected chi connectivity index (χ0v) is 11.5. The maximum absolute atomic E-state index is 11.9. The minimum absolute atomic E-state index is 0.00810. The van der Waals surface area contributed by atoms with Gasteiger partial charge in [0, 0.05) is 6.42 Å². The minimum Gasteiger partial charge on any atom is -0.461 e. The van der Waals surface area contributed by atoms with Gasteiger partial charge in [-0.05, 0) is 37.0 Å². The molecule has 3 atom stereocenters. The second-order valence-electron chi connectivity index (χ2n) is 6.63. The third-order valence-electron chi connectivity index (χ3n) is 3.91. The highest BCUT2D eigenvalue weighted by molar-refractivity contribution is 5.88. The topological polar surface area (TPSA) is 55.4 Å². The van der Waals surface area contributed by atoms with Crippen LogP contribution in [0.5, 0.6) is 0 Å². The Morgan fingerprint density at radius 1 is 1.39 bits per heavy atom. The molecule has 0 radical (unpaired) electrons. The molecule has 1 aliphatic heterocycles. The molecule has 0 bridgehead atoms. The Bertz CT molecular complexity index is 351. The summed E-state index contributed by atoms with van der Waals surface area (Å²) in [6, 6.07) is -0.419. The Morgan fingerprint density at radius 2 is 2.11 bits per heavy atom. The van der Waals surface area contributed by atoms with Crippen molar-refractivity contribution in [2.45, 2.75) is 65.0 Å². The van der Waals surface area contributed by atoms with Gasteiger partial charge in [-0.2, -0.15) is 0 Å². The largest absolute Gasteiger partial charge is 0.461 e. The summed E-state index contributed by atoms with van der Waals surface area (Å²) in [7, 11) is 0. The van der Waals surface area contributed by atoms with Gasteiger partial charge in [0.2, 0.25) is 5.91 Å². The lowest BCUT2D eigenvalue weighted by Gasteiger charge is -2.38. The van der Waals surface area contributed by atoms with Crippen LogP contribution in [0.1, 0.15) is 52.9 Å². The highest BCUT2D eigenvalue weighted by atomic mass is 16.5. The molecule has 2 unspecified atom stereocenters. The first kappa shape index (κ1) is 13.4. The number of ether oxygens (including phenoxy) is 1. The smallest absolute Gasteiger partial charge is 0.328 e. The van der Waals surface area contributed by atoms with E-state index in [0.29, 0.717) is 18.8 Å². The van der Waals surface area contributed by atoms with Gasteiger partial charge in [0.1, 0.15) is 12.1 Å². The molecular formula is C14H23NO3. The van der Waals surface area contributed by atoms with Crippen molar-refractivity contribution in [1.82, 2.24) is 5.32 Å². The van der Waals surface area contributed by atoms with Crippen LogP contribution in [0.25, 0.3) is 0 Å². The average Bonchev–Trinajstić information content (AvgIpc) is 2.61. The molecule has 1 heterocycles. The normalized spacial score (nSPS) is 35.1. The van der Waals surface area contributed by atoms with Crippen LogP contribution in [0, 0.1) is 11.3 Å². The van der Waals surface area contributed by atoms with Gasteiger partial charge >= 0.3 is 5.97 Å². The summed E-state index contributed by atoms with van der Waals surface area (Å²) in [5.74, 6) is 0.287. The number of rotatable bonds is 2. The van der Waals surface area contributed by atoms with Crippen LogP contribution >= 0.6 is 0 Å². The molecule has 0 aromatic heterocycles. The molecule has 102 valence electrons. The minimum atomic E-state index is -0.419. The van der Waals surface area contributed by atoms with E-state index in [1.807, 2.05) is 0 Å². The van der Waals surface area contributed by atoms with E-state index in [0.717, 1.165) is 12.8 Å². The van der Waals surface area contributed by atoms with E-state index >= 15 is 0 Å². The van der Waals surface area contributed by atoms with Gasteiger partial charge in [-0.1, -0.05) is 20.8 Å². The number of amides is 1. The summed E-state index contributed by atoms with van der Waals surface area (Å²) in [5, 5.41) is 2.66. The Hall–Kier alpha value is -1.06. The van der Waals surface area contributed by atoms with E-state index in [1.54, 1.807) is 0 Å². The monoisotopic (exact) mass is 253 g/mol. The molecule has 1 saturated heterocycles. The highest BCUT2D eigenvalue weighted by Gasteiger charge is 2.36. The van der Waals surface area contributed by atoms with E-state index in [1.165, 1.54) is 6.42 Å². The van der Waals surface area contributed by atoms with E-state index in [4.69, 9.17) is 4.74 Å². The van der Waals surface area contributed by atoms with E-state index in [9.17, 15) is 9.59 Å². The molecule has 1 aliphatic carbocycles. The number of esters is 1. The Balaban J connectivity index is 1.89. The molecule has 0 aromatic rings. The van der Waals surface area contributed by atoms with Gasteiger partial charge in [-0.15, -0.1) is 0 Å². The Labute approximate surface area is 108 Å². The Kier molecular flexibility index (Phi) is 3.64. The fourth-order valence-corrected chi connectivity index (χ4v) is 3.39. The van der Waals surface area contributed by atoms with E-state index in [-0.39, 0.29) is 23.4 Å². The van der Waals surface area contributed by atoms with Crippen molar-refractivity contribution in [2.24, 2.45) is 11.3 Å².